The highest BCUT2D eigenvalue weighted by molar-refractivity contribution is 5.61. The molecule has 8 nitrogen and oxygen atoms in total. The van der Waals surface area contributed by atoms with Crippen LogP contribution >= 0.6 is 0 Å². The molecule has 0 radical (unpaired) electrons. The Balaban J connectivity index is 1.66. The van der Waals surface area contributed by atoms with Crippen molar-refractivity contribution in [3.05, 3.63) is 73.8 Å². The fourth-order valence-electron chi connectivity index (χ4n) is 4.64. The van der Waals surface area contributed by atoms with Crippen LogP contribution in [0.25, 0.3) is 0 Å². The molecule has 5 rings (SSSR count). The van der Waals surface area contributed by atoms with E-state index in [2.05, 4.69) is 108 Å². The first kappa shape index (κ1) is 18.9. The van der Waals surface area contributed by atoms with Crippen molar-refractivity contribution in [3.8, 4) is 0 Å². The molecular formula is C22H30N8. The van der Waals surface area contributed by atoms with E-state index in [-0.39, 0.29) is 0 Å². The molecule has 1 unspecified atom stereocenters. The number of hydrogen-bond acceptors (Lipinski definition) is 8. The minimum absolute atomic E-state index is 0.564. The molecule has 5 aliphatic rings. The SMILES string of the molecule is C1=CCN(C2(N3C=CNCC3)N(N3C=CN=CC3)C=CCN2N2C=CCCC2)C=C1. The second kappa shape index (κ2) is 8.31. The van der Waals surface area contributed by atoms with Crippen molar-refractivity contribution in [1.29, 1.82) is 0 Å². The highest BCUT2D eigenvalue weighted by atomic mass is 15.9. The van der Waals surface area contributed by atoms with Gasteiger partial charge in [0.2, 0.25) is 0 Å². The molecule has 5 aliphatic heterocycles. The van der Waals surface area contributed by atoms with E-state index in [0.29, 0.717) is 0 Å². The molecule has 1 atom stereocenters. The molecule has 0 saturated carbocycles. The van der Waals surface area contributed by atoms with Crippen molar-refractivity contribution < 1.29 is 0 Å². The first-order valence-electron chi connectivity index (χ1n) is 10.8. The van der Waals surface area contributed by atoms with Gasteiger partial charge in [-0.25, -0.2) is 5.01 Å². The number of aliphatic imine (C=N–C) groups is 1. The number of allylic oxidation sites excluding steroid dienone is 3. The van der Waals surface area contributed by atoms with Gasteiger partial charge in [-0.3, -0.25) is 10.0 Å². The van der Waals surface area contributed by atoms with Crippen LogP contribution in [-0.2, 0) is 0 Å². The zero-order chi connectivity index (χ0) is 20.2. The first-order valence-corrected chi connectivity index (χ1v) is 10.8. The van der Waals surface area contributed by atoms with Crippen LogP contribution in [-0.4, -0.2) is 81.2 Å². The smallest absolute Gasteiger partial charge is 0.290 e. The maximum absolute atomic E-state index is 4.29. The van der Waals surface area contributed by atoms with Crippen molar-refractivity contribution in [2.75, 3.05) is 39.3 Å². The van der Waals surface area contributed by atoms with Gasteiger partial charge >= 0.3 is 0 Å². The van der Waals surface area contributed by atoms with Gasteiger partial charge in [0.05, 0.1) is 6.54 Å². The zero-order valence-electron chi connectivity index (χ0n) is 17.3. The van der Waals surface area contributed by atoms with Gasteiger partial charge in [-0.15, -0.1) is 0 Å². The van der Waals surface area contributed by atoms with Crippen molar-refractivity contribution in [1.82, 2.24) is 35.2 Å². The molecule has 0 spiro atoms. The highest BCUT2D eigenvalue weighted by Gasteiger charge is 2.55. The summed E-state index contributed by atoms with van der Waals surface area (Å²) in [6.45, 7) is 5.21. The van der Waals surface area contributed by atoms with Gasteiger partial charge in [0, 0.05) is 82.3 Å². The Bertz CT molecular complexity index is 821. The Labute approximate surface area is 178 Å². The van der Waals surface area contributed by atoms with Crippen LogP contribution in [0.15, 0.2) is 78.8 Å². The highest BCUT2D eigenvalue weighted by Crippen LogP contribution is 2.38. The number of rotatable bonds is 4. The van der Waals surface area contributed by atoms with Crippen molar-refractivity contribution >= 4 is 6.21 Å². The molecule has 0 aromatic rings. The van der Waals surface area contributed by atoms with E-state index in [0.717, 1.165) is 52.1 Å². The van der Waals surface area contributed by atoms with E-state index in [9.17, 15) is 0 Å². The summed E-state index contributed by atoms with van der Waals surface area (Å²) in [6, 6.07) is 0. The van der Waals surface area contributed by atoms with Crippen molar-refractivity contribution in [2.45, 2.75) is 18.8 Å². The average Bonchev–Trinajstić information content (AvgIpc) is 2.85. The average molecular weight is 407 g/mol. The molecule has 1 N–H and O–H groups in total. The third-order valence-electron chi connectivity index (χ3n) is 5.96. The van der Waals surface area contributed by atoms with Gasteiger partial charge in [0.1, 0.15) is 0 Å². The summed E-state index contributed by atoms with van der Waals surface area (Å²) in [5.74, 6) is -0.564. The van der Waals surface area contributed by atoms with Crippen LogP contribution in [0.2, 0.25) is 0 Å². The molecule has 0 aliphatic carbocycles. The Morgan fingerprint density at radius 2 is 1.80 bits per heavy atom. The van der Waals surface area contributed by atoms with Crippen LogP contribution in [0.1, 0.15) is 12.8 Å². The summed E-state index contributed by atoms with van der Waals surface area (Å²) < 4.78 is 0. The standard InChI is InChI=1S/C22H30N8/c1-3-12-25(13-4-1)22(26-18-8-23-9-19-26)29(27-14-5-2-6-15-27)16-7-17-30(22)28-20-10-24-11-21-28/h1,3-5,7-8,10-12,14,17-18,20,23H,2,6,9,13,15-16,19,21H2. The Kier molecular flexibility index (Phi) is 5.23. The van der Waals surface area contributed by atoms with Crippen LogP contribution in [0, 0.1) is 0 Å². The fraction of sp³-hybridized carbons (Fsp3) is 0.409. The molecule has 0 saturated heterocycles. The minimum Gasteiger partial charge on any atom is -0.388 e. The lowest BCUT2D eigenvalue weighted by Crippen LogP contribution is -2.80. The van der Waals surface area contributed by atoms with E-state index < -0.39 is 5.91 Å². The summed E-state index contributed by atoms with van der Waals surface area (Å²) >= 11 is 0. The zero-order valence-corrected chi connectivity index (χ0v) is 17.3. The van der Waals surface area contributed by atoms with E-state index in [1.165, 1.54) is 0 Å². The van der Waals surface area contributed by atoms with Crippen molar-refractivity contribution in [3.63, 3.8) is 0 Å². The van der Waals surface area contributed by atoms with Gasteiger partial charge in [0.15, 0.2) is 0 Å². The Morgan fingerprint density at radius 3 is 2.53 bits per heavy atom. The fourth-order valence-corrected chi connectivity index (χ4v) is 4.64. The van der Waals surface area contributed by atoms with Gasteiger partial charge in [0.25, 0.3) is 5.91 Å². The van der Waals surface area contributed by atoms with E-state index in [4.69, 9.17) is 0 Å². The Hall–Kier alpha value is -3.13. The van der Waals surface area contributed by atoms with Gasteiger partial charge in [-0.1, -0.05) is 24.3 Å². The molecule has 0 aromatic carbocycles. The molecular weight excluding hydrogens is 376 g/mol. The molecule has 0 aromatic heterocycles. The second-order valence-electron chi connectivity index (χ2n) is 7.74. The quantitative estimate of drug-likeness (QED) is 0.764. The first-order chi connectivity index (χ1) is 14.9. The molecule has 0 bridgehead atoms. The van der Waals surface area contributed by atoms with E-state index >= 15 is 0 Å². The Morgan fingerprint density at radius 1 is 0.800 bits per heavy atom. The topological polar surface area (TPSA) is 43.8 Å². The third kappa shape index (κ3) is 3.17. The van der Waals surface area contributed by atoms with Crippen LogP contribution in [0.3, 0.4) is 0 Å². The third-order valence-corrected chi connectivity index (χ3v) is 5.96. The molecule has 158 valence electrons. The maximum Gasteiger partial charge on any atom is 0.290 e. The number of hydrazine groups is 2. The lowest BCUT2D eigenvalue weighted by Gasteiger charge is -2.64. The number of nitrogens with zero attached hydrogens (tertiary/aromatic N) is 7. The normalized spacial score (nSPS) is 28.6. The maximum atomic E-state index is 4.29. The van der Waals surface area contributed by atoms with E-state index in [1.54, 1.807) is 0 Å². The molecule has 8 heteroatoms. The van der Waals surface area contributed by atoms with Crippen LogP contribution < -0.4 is 5.32 Å². The van der Waals surface area contributed by atoms with Crippen LogP contribution in [0.4, 0.5) is 0 Å². The van der Waals surface area contributed by atoms with Gasteiger partial charge in [-0.05, 0) is 18.9 Å². The summed E-state index contributed by atoms with van der Waals surface area (Å²) in [5.41, 5.74) is 0. The summed E-state index contributed by atoms with van der Waals surface area (Å²) in [5, 5.41) is 12.8. The van der Waals surface area contributed by atoms with Crippen molar-refractivity contribution in [2.24, 2.45) is 4.99 Å². The second-order valence-corrected chi connectivity index (χ2v) is 7.74. The molecule has 0 amide bonds. The molecule has 5 heterocycles. The minimum atomic E-state index is -0.564. The largest absolute Gasteiger partial charge is 0.388 e. The lowest BCUT2D eigenvalue weighted by molar-refractivity contribution is -0.313. The van der Waals surface area contributed by atoms with Gasteiger partial charge in [-0.2, -0.15) is 5.01 Å². The summed E-state index contributed by atoms with van der Waals surface area (Å²) in [4.78, 5) is 9.16. The summed E-state index contributed by atoms with van der Waals surface area (Å²) in [7, 11) is 0. The van der Waals surface area contributed by atoms with Gasteiger partial charge < -0.3 is 20.1 Å². The predicted molar refractivity (Wildman–Crippen MR) is 119 cm³/mol. The predicted octanol–water partition coefficient (Wildman–Crippen LogP) is 1.79. The van der Waals surface area contributed by atoms with Crippen LogP contribution in [0.5, 0.6) is 0 Å². The molecule has 0 fully saturated rings. The summed E-state index contributed by atoms with van der Waals surface area (Å²) in [6.07, 6.45) is 30.1. The molecule has 30 heavy (non-hydrogen) atoms. The monoisotopic (exact) mass is 406 g/mol. The van der Waals surface area contributed by atoms with E-state index in [1.807, 2.05) is 12.4 Å². The number of hydrogen-bond donors (Lipinski definition) is 1. The number of nitrogens with one attached hydrogen (secondary N) is 1. The lowest BCUT2D eigenvalue weighted by atomic mass is 10.2.